The average molecular weight is 652 g/mol. The molecule has 10 heteroatoms. The molecule has 1 aromatic heterocycles. The first-order valence-corrected chi connectivity index (χ1v) is 14.6. The van der Waals surface area contributed by atoms with Crippen LogP contribution in [0.3, 0.4) is 0 Å². The van der Waals surface area contributed by atoms with Crippen molar-refractivity contribution >= 4 is 38.5 Å². The number of halogens is 1. The zero-order chi connectivity index (χ0) is 30.9. The molecule has 0 radical (unpaired) electrons. The topological polar surface area (TPSA) is 103 Å². The summed E-state index contributed by atoms with van der Waals surface area (Å²) in [5.74, 6) is 1.76. The number of fused-ring (bicyclic) bond motifs is 1. The highest BCUT2D eigenvalue weighted by Crippen LogP contribution is 2.43. The van der Waals surface area contributed by atoms with E-state index in [1.54, 1.807) is 59.4 Å². The summed E-state index contributed by atoms with van der Waals surface area (Å²) in [5.41, 5.74) is 2.57. The number of carbonyl (C=O) groups excluding carboxylic acids is 1. The summed E-state index contributed by atoms with van der Waals surface area (Å²) in [6.45, 7) is 5.93. The third-order valence-corrected chi connectivity index (χ3v) is 7.96. The fourth-order valence-corrected chi connectivity index (χ4v) is 5.72. The minimum absolute atomic E-state index is 0.177. The molecule has 2 atom stereocenters. The van der Waals surface area contributed by atoms with Crippen LogP contribution in [0, 0.1) is 0 Å². The second kappa shape index (κ2) is 12.4. The maximum atomic E-state index is 13.4. The van der Waals surface area contributed by atoms with Gasteiger partial charge in [-0.1, -0.05) is 52.3 Å². The van der Waals surface area contributed by atoms with Gasteiger partial charge in [-0.3, -0.25) is 4.57 Å². The van der Waals surface area contributed by atoms with Crippen LogP contribution in [0.2, 0.25) is 0 Å². The number of hydrogen-bond acceptors (Lipinski definition) is 8. The van der Waals surface area contributed by atoms with E-state index in [9.17, 15) is 15.0 Å². The lowest BCUT2D eigenvalue weighted by Crippen LogP contribution is -2.37. The van der Waals surface area contributed by atoms with Gasteiger partial charge >= 0.3 is 6.09 Å². The summed E-state index contributed by atoms with van der Waals surface area (Å²) in [4.78, 5) is 14.9. The van der Waals surface area contributed by atoms with Crippen molar-refractivity contribution in [3.63, 3.8) is 0 Å². The molecule has 3 aromatic carbocycles. The summed E-state index contributed by atoms with van der Waals surface area (Å²) in [6.07, 6.45) is -1.30. The molecule has 226 valence electrons. The van der Waals surface area contributed by atoms with Crippen molar-refractivity contribution in [1.29, 1.82) is 0 Å². The van der Waals surface area contributed by atoms with E-state index in [1.807, 2.05) is 48.5 Å². The molecular weight excluding hydrogens is 616 g/mol. The smallest absolute Gasteiger partial charge is 0.419 e. The predicted octanol–water partition coefficient (Wildman–Crippen LogP) is 6.28. The third-order valence-electron chi connectivity index (χ3n) is 7.12. The Hall–Kier alpha value is -3.83. The molecule has 2 heterocycles. The van der Waals surface area contributed by atoms with Gasteiger partial charge in [0.05, 0.1) is 19.7 Å². The van der Waals surface area contributed by atoms with Crippen LogP contribution in [0.15, 0.2) is 77.4 Å². The number of methoxy groups -OCH3 is 2. The summed E-state index contributed by atoms with van der Waals surface area (Å²) in [6, 6.07) is 20.6. The summed E-state index contributed by atoms with van der Waals surface area (Å²) in [5, 5.41) is 23.5. The van der Waals surface area contributed by atoms with Gasteiger partial charge < -0.3 is 29.2 Å². The predicted molar refractivity (Wildman–Crippen MR) is 167 cm³/mol. The van der Waals surface area contributed by atoms with Crippen molar-refractivity contribution in [3.8, 4) is 17.2 Å². The first kappa shape index (κ1) is 30.6. The van der Waals surface area contributed by atoms with Crippen LogP contribution >= 0.6 is 15.9 Å². The van der Waals surface area contributed by atoms with Gasteiger partial charge in [0, 0.05) is 51.4 Å². The van der Waals surface area contributed by atoms with Crippen molar-refractivity contribution in [1.82, 2.24) is 9.47 Å². The summed E-state index contributed by atoms with van der Waals surface area (Å²) < 4.78 is 24.4. The molecule has 0 saturated carbocycles. The quantitative estimate of drug-likeness (QED) is 0.230. The number of ether oxygens (including phenoxy) is 4. The molecule has 0 saturated heterocycles. The molecule has 1 aliphatic heterocycles. The monoisotopic (exact) mass is 650 g/mol. The molecule has 4 aromatic rings. The number of benzene rings is 3. The molecule has 9 nitrogen and oxygen atoms in total. The number of hydrogen-bond donors (Lipinski definition) is 2. The Morgan fingerprint density at radius 2 is 1.65 bits per heavy atom. The highest BCUT2D eigenvalue weighted by atomic mass is 79.9. The van der Waals surface area contributed by atoms with Crippen molar-refractivity contribution in [2.75, 3.05) is 14.2 Å². The second-order valence-corrected chi connectivity index (χ2v) is 12.1. The Labute approximate surface area is 259 Å². The molecule has 0 bridgehead atoms. The molecule has 43 heavy (non-hydrogen) atoms. The van der Waals surface area contributed by atoms with Gasteiger partial charge in [0.1, 0.15) is 41.9 Å². The van der Waals surface area contributed by atoms with Crippen molar-refractivity contribution in [2.24, 2.45) is 0 Å². The molecule has 1 aliphatic rings. The molecule has 5 rings (SSSR count). The Kier molecular flexibility index (Phi) is 8.84. The molecule has 0 aliphatic carbocycles. The lowest BCUT2D eigenvalue weighted by Gasteiger charge is -2.26. The minimum Gasteiger partial charge on any atom is -0.497 e. The number of aliphatic hydroxyl groups is 2. The van der Waals surface area contributed by atoms with E-state index >= 15 is 0 Å². The molecule has 0 fully saturated rings. The normalized spacial score (nSPS) is 17.4. The van der Waals surface area contributed by atoms with Crippen LogP contribution < -0.4 is 14.2 Å². The highest BCUT2D eigenvalue weighted by molar-refractivity contribution is 9.11. The van der Waals surface area contributed by atoms with Crippen LogP contribution in [0.1, 0.15) is 37.5 Å². The van der Waals surface area contributed by atoms with E-state index in [4.69, 9.17) is 18.9 Å². The lowest BCUT2D eigenvalue weighted by atomic mass is 10.0. The lowest BCUT2D eigenvalue weighted by molar-refractivity contribution is -0.0436. The van der Waals surface area contributed by atoms with Crippen LogP contribution in [0.5, 0.6) is 17.2 Å². The van der Waals surface area contributed by atoms with E-state index in [1.165, 1.54) is 9.47 Å². The van der Waals surface area contributed by atoms with Crippen molar-refractivity contribution in [2.45, 2.75) is 52.0 Å². The Morgan fingerprint density at radius 1 is 0.930 bits per heavy atom. The number of carbonyl (C=O) groups is 1. The highest BCUT2D eigenvalue weighted by Gasteiger charge is 2.40. The van der Waals surface area contributed by atoms with Gasteiger partial charge in [0.15, 0.2) is 0 Å². The zero-order valence-corrected chi connectivity index (χ0v) is 26.3. The Morgan fingerprint density at radius 3 is 2.33 bits per heavy atom. The van der Waals surface area contributed by atoms with E-state index in [2.05, 4.69) is 15.9 Å². The molecule has 2 unspecified atom stereocenters. The number of nitrogens with zero attached hydrogens (tertiary/aromatic N) is 2. The van der Waals surface area contributed by atoms with Gasteiger partial charge in [0.2, 0.25) is 0 Å². The molecule has 0 amide bonds. The van der Waals surface area contributed by atoms with E-state index < -0.39 is 24.2 Å². The molecule has 2 N–H and O–H groups in total. The van der Waals surface area contributed by atoms with Gasteiger partial charge in [0.25, 0.3) is 0 Å². The SMILES string of the molecule is COc1ccc(CN2C(O)C(Br)=C(c3cn(C(=O)OC(C)(C)C)c4cc(OCc5ccccc5)ccc34)C2O)c(OC)c1. The first-order valence-electron chi connectivity index (χ1n) is 13.8. The largest absolute Gasteiger partial charge is 0.497 e. The van der Waals surface area contributed by atoms with Gasteiger partial charge in [-0.05, 0) is 44.5 Å². The fraction of sp³-hybridized carbons (Fsp3) is 0.303. The number of rotatable bonds is 8. The number of aromatic nitrogens is 1. The van der Waals surface area contributed by atoms with Crippen molar-refractivity contribution < 1.29 is 34.0 Å². The Bertz CT molecular complexity index is 1660. The Balaban J connectivity index is 1.52. The molecular formula is C33H35BrN2O7. The van der Waals surface area contributed by atoms with Crippen molar-refractivity contribution in [3.05, 3.63) is 94.1 Å². The van der Waals surface area contributed by atoms with E-state index in [0.717, 1.165) is 11.1 Å². The average Bonchev–Trinajstić information content (AvgIpc) is 3.45. The fourth-order valence-electron chi connectivity index (χ4n) is 5.04. The summed E-state index contributed by atoms with van der Waals surface area (Å²) >= 11 is 3.53. The standard InChI is InChI=1S/C33H35BrN2O7/c1-33(2,3)43-32(39)35-18-25(24-14-13-23(15-26(24)35)42-19-20-9-7-6-8-10-20)28-29(34)31(38)36(30(28)37)17-21-11-12-22(40-4)16-27(21)41-5/h6-16,18,30-31,37-38H,17,19H2,1-5H3. The van der Waals surface area contributed by atoms with Crippen LogP contribution in [-0.2, 0) is 17.9 Å². The third kappa shape index (κ3) is 6.42. The van der Waals surface area contributed by atoms with E-state index in [-0.39, 0.29) is 6.54 Å². The zero-order valence-electron chi connectivity index (χ0n) is 24.7. The van der Waals surface area contributed by atoms with Crippen LogP contribution in [0.25, 0.3) is 16.5 Å². The molecule has 0 spiro atoms. The van der Waals surface area contributed by atoms with Gasteiger partial charge in [-0.25, -0.2) is 9.69 Å². The minimum atomic E-state index is -1.21. The van der Waals surface area contributed by atoms with Gasteiger partial charge in [-0.15, -0.1) is 0 Å². The van der Waals surface area contributed by atoms with E-state index in [0.29, 0.717) is 50.4 Å². The maximum Gasteiger partial charge on any atom is 0.419 e. The maximum absolute atomic E-state index is 13.4. The summed E-state index contributed by atoms with van der Waals surface area (Å²) in [7, 11) is 3.12. The first-order chi connectivity index (χ1) is 20.5. The number of aliphatic hydroxyl groups excluding tert-OH is 2. The van der Waals surface area contributed by atoms with Gasteiger partial charge in [-0.2, -0.15) is 0 Å². The van der Waals surface area contributed by atoms with Crippen LogP contribution in [-0.4, -0.2) is 58.0 Å². The second-order valence-electron chi connectivity index (χ2n) is 11.2. The van der Waals surface area contributed by atoms with Crippen LogP contribution in [0.4, 0.5) is 4.79 Å².